The van der Waals surface area contributed by atoms with E-state index in [1.54, 1.807) is 0 Å². The average molecular weight is 139 g/mol. The molecule has 1 fully saturated rings. The molecule has 1 rings (SSSR count). The topological polar surface area (TPSA) is 3.24 Å². The summed E-state index contributed by atoms with van der Waals surface area (Å²) in [7, 11) is 0. The predicted molar refractivity (Wildman–Crippen MR) is 45.1 cm³/mol. The Kier molecular flexibility index (Phi) is 3.52. The number of likely N-dealkylation sites (tertiary alicyclic amines) is 1. The van der Waals surface area contributed by atoms with E-state index in [1.807, 2.05) is 0 Å². The molecule has 0 radical (unpaired) electrons. The zero-order valence-corrected chi connectivity index (χ0v) is 6.84. The number of hydrogen-bond donors (Lipinski definition) is 0. The van der Waals surface area contributed by atoms with Crippen molar-refractivity contribution in [2.45, 2.75) is 26.2 Å². The van der Waals surface area contributed by atoms with Gasteiger partial charge >= 0.3 is 0 Å². The van der Waals surface area contributed by atoms with Gasteiger partial charge in [-0.25, -0.2) is 0 Å². The van der Waals surface area contributed by atoms with Crippen molar-refractivity contribution < 1.29 is 0 Å². The van der Waals surface area contributed by atoms with Crippen LogP contribution in [-0.2, 0) is 0 Å². The van der Waals surface area contributed by atoms with E-state index in [9.17, 15) is 0 Å². The van der Waals surface area contributed by atoms with E-state index in [1.165, 1.54) is 32.4 Å². The van der Waals surface area contributed by atoms with E-state index in [4.69, 9.17) is 0 Å². The van der Waals surface area contributed by atoms with Gasteiger partial charge in [0.2, 0.25) is 0 Å². The summed E-state index contributed by atoms with van der Waals surface area (Å²) in [6.45, 7) is 5.87. The van der Waals surface area contributed by atoms with Crippen LogP contribution < -0.4 is 0 Å². The fraction of sp³-hybridized carbons (Fsp3) is 0.778. The van der Waals surface area contributed by atoms with Crippen LogP contribution >= 0.6 is 0 Å². The van der Waals surface area contributed by atoms with Crippen molar-refractivity contribution in [3.05, 3.63) is 12.2 Å². The Hall–Kier alpha value is -0.300. The van der Waals surface area contributed by atoms with Gasteiger partial charge in [-0.1, -0.05) is 18.6 Å². The molecule has 0 bridgehead atoms. The molecular formula is C9H17N. The fourth-order valence-electron chi connectivity index (χ4n) is 1.40. The van der Waals surface area contributed by atoms with Gasteiger partial charge in [-0.3, -0.25) is 4.90 Å². The quantitative estimate of drug-likeness (QED) is 0.529. The summed E-state index contributed by atoms with van der Waals surface area (Å²) in [5.74, 6) is 0. The minimum absolute atomic E-state index is 1.16. The van der Waals surface area contributed by atoms with Gasteiger partial charge in [0, 0.05) is 6.54 Å². The van der Waals surface area contributed by atoms with E-state index in [0.29, 0.717) is 0 Å². The Labute approximate surface area is 63.7 Å². The maximum absolute atomic E-state index is 2.52. The maximum atomic E-state index is 2.52. The Bertz CT molecular complexity index is 101. The standard InChI is InChI=1S/C9H17N/c1-2-3-7-10-8-5-4-6-9-10/h2-3H,4-9H2,1H3/b3-2-. The summed E-state index contributed by atoms with van der Waals surface area (Å²) in [5.41, 5.74) is 0. The van der Waals surface area contributed by atoms with Crippen molar-refractivity contribution in [2.24, 2.45) is 0 Å². The minimum atomic E-state index is 1.16. The van der Waals surface area contributed by atoms with Crippen molar-refractivity contribution in [1.29, 1.82) is 0 Å². The van der Waals surface area contributed by atoms with E-state index in [2.05, 4.69) is 24.0 Å². The smallest absolute Gasteiger partial charge is 0.0163 e. The normalized spacial score (nSPS) is 22.1. The molecule has 0 aromatic heterocycles. The van der Waals surface area contributed by atoms with Crippen molar-refractivity contribution in [3.63, 3.8) is 0 Å². The average Bonchev–Trinajstić information content (AvgIpc) is 2.03. The Morgan fingerprint density at radius 1 is 1.20 bits per heavy atom. The summed E-state index contributed by atoms with van der Waals surface area (Å²) in [6.07, 6.45) is 8.61. The van der Waals surface area contributed by atoms with Gasteiger partial charge in [0.1, 0.15) is 0 Å². The lowest BCUT2D eigenvalue weighted by atomic mass is 10.1. The third-order valence-corrected chi connectivity index (χ3v) is 2.05. The van der Waals surface area contributed by atoms with Gasteiger partial charge in [-0.15, -0.1) is 0 Å². The van der Waals surface area contributed by atoms with Crippen LogP contribution in [0.2, 0.25) is 0 Å². The summed E-state index contributed by atoms with van der Waals surface area (Å²) in [6, 6.07) is 0. The Morgan fingerprint density at radius 2 is 1.90 bits per heavy atom. The molecule has 0 atom stereocenters. The van der Waals surface area contributed by atoms with Gasteiger partial charge in [-0.2, -0.15) is 0 Å². The summed E-state index contributed by atoms with van der Waals surface area (Å²) >= 11 is 0. The van der Waals surface area contributed by atoms with Gasteiger partial charge in [0.25, 0.3) is 0 Å². The number of allylic oxidation sites excluding steroid dienone is 1. The number of hydrogen-bond acceptors (Lipinski definition) is 1. The lowest BCUT2D eigenvalue weighted by molar-refractivity contribution is 0.251. The van der Waals surface area contributed by atoms with Crippen molar-refractivity contribution in [1.82, 2.24) is 4.90 Å². The van der Waals surface area contributed by atoms with Gasteiger partial charge in [-0.05, 0) is 32.9 Å². The molecule has 10 heavy (non-hydrogen) atoms. The molecule has 0 aromatic rings. The monoisotopic (exact) mass is 139 g/mol. The summed E-state index contributed by atoms with van der Waals surface area (Å²) in [4.78, 5) is 2.52. The summed E-state index contributed by atoms with van der Waals surface area (Å²) < 4.78 is 0. The molecule has 0 aromatic carbocycles. The highest BCUT2D eigenvalue weighted by Gasteiger charge is 2.06. The van der Waals surface area contributed by atoms with Crippen LogP contribution in [0.4, 0.5) is 0 Å². The molecule has 0 aliphatic carbocycles. The first kappa shape index (κ1) is 7.80. The molecule has 1 heterocycles. The van der Waals surface area contributed by atoms with Crippen LogP contribution in [0, 0.1) is 0 Å². The van der Waals surface area contributed by atoms with Crippen molar-refractivity contribution in [2.75, 3.05) is 19.6 Å². The highest BCUT2D eigenvalue weighted by atomic mass is 15.1. The highest BCUT2D eigenvalue weighted by molar-refractivity contribution is 4.82. The second kappa shape index (κ2) is 4.51. The molecule has 58 valence electrons. The second-order valence-electron chi connectivity index (χ2n) is 2.93. The minimum Gasteiger partial charge on any atom is -0.300 e. The lowest BCUT2D eigenvalue weighted by Gasteiger charge is -2.24. The van der Waals surface area contributed by atoms with Crippen LogP contribution in [0.5, 0.6) is 0 Å². The summed E-state index contributed by atoms with van der Waals surface area (Å²) in [5, 5.41) is 0. The number of rotatable bonds is 2. The zero-order valence-electron chi connectivity index (χ0n) is 6.84. The maximum Gasteiger partial charge on any atom is 0.0163 e. The molecule has 0 spiro atoms. The molecular weight excluding hydrogens is 122 g/mol. The van der Waals surface area contributed by atoms with Crippen molar-refractivity contribution >= 4 is 0 Å². The van der Waals surface area contributed by atoms with Crippen LogP contribution in [0.1, 0.15) is 26.2 Å². The number of nitrogens with zero attached hydrogens (tertiary/aromatic N) is 1. The molecule has 0 unspecified atom stereocenters. The Morgan fingerprint density at radius 3 is 2.50 bits per heavy atom. The third-order valence-electron chi connectivity index (χ3n) is 2.05. The SMILES string of the molecule is C/C=C\CN1CCCCC1. The van der Waals surface area contributed by atoms with Crippen LogP contribution in [0.15, 0.2) is 12.2 Å². The van der Waals surface area contributed by atoms with E-state index < -0.39 is 0 Å². The van der Waals surface area contributed by atoms with Crippen LogP contribution in [0.25, 0.3) is 0 Å². The second-order valence-corrected chi connectivity index (χ2v) is 2.93. The fourth-order valence-corrected chi connectivity index (χ4v) is 1.40. The van der Waals surface area contributed by atoms with Crippen LogP contribution in [-0.4, -0.2) is 24.5 Å². The third kappa shape index (κ3) is 2.53. The first-order valence-corrected chi connectivity index (χ1v) is 4.27. The number of piperidine rings is 1. The molecule has 1 saturated heterocycles. The molecule has 0 N–H and O–H groups in total. The Balaban J connectivity index is 2.13. The molecule has 0 saturated carbocycles. The molecule has 1 aliphatic rings. The zero-order chi connectivity index (χ0) is 7.23. The molecule has 0 amide bonds. The van der Waals surface area contributed by atoms with Gasteiger partial charge in [0.05, 0.1) is 0 Å². The first-order valence-electron chi connectivity index (χ1n) is 4.27. The van der Waals surface area contributed by atoms with Crippen LogP contribution in [0.3, 0.4) is 0 Å². The predicted octanol–water partition coefficient (Wildman–Crippen LogP) is 2.05. The molecule has 1 aliphatic heterocycles. The van der Waals surface area contributed by atoms with Gasteiger partial charge in [0.15, 0.2) is 0 Å². The van der Waals surface area contributed by atoms with Gasteiger partial charge < -0.3 is 0 Å². The van der Waals surface area contributed by atoms with Crippen molar-refractivity contribution in [3.8, 4) is 0 Å². The molecule has 1 nitrogen and oxygen atoms in total. The van der Waals surface area contributed by atoms with E-state index in [0.717, 1.165) is 6.54 Å². The van der Waals surface area contributed by atoms with E-state index >= 15 is 0 Å². The largest absolute Gasteiger partial charge is 0.300 e. The highest BCUT2D eigenvalue weighted by Crippen LogP contribution is 2.07. The molecule has 1 heteroatoms. The first-order chi connectivity index (χ1) is 4.93. The van der Waals surface area contributed by atoms with E-state index in [-0.39, 0.29) is 0 Å². The lowest BCUT2D eigenvalue weighted by Crippen LogP contribution is -2.29.